The maximum absolute atomic E-state index is 12.5. The SMILES string of the molecule is COc1cccc(CN(C)C(=O)N[C@H]2CCCC[C@@H]2C)c1OC. The Morgan fingerprint density at radius 3 is 2.65 bits per heavy atom. The molecule has 1 aliphatic carbocycles. The zero-order valence-corrected chi connectivity index (χ0v) is 14.6. The predicted octanol–water partition coefficient (Wildman–Crippen LogP) is 3.42. The van der Waals surface area contributed by atoms with Crippen LogP contribution < -0.4 is 14.8 Å². The molecule has 0 saturated heterocycles. The topological polar surface area (TPSA) is 50.8 Å². The Morgan fingerprint density at radius 1 is 1.26 bits per heavy atom. The van der Waals surface area contributed by atoms with Crippen molar-refractivity contribution in [2.75, 3.05) is 21.3 Å². The van der Waals surface area contributed by atoms with Crippen LogP contribution in [0.25, 0.3) is 0 Å². The summed E-state index contributed by atoms with van der Waals surface area (Å²) in [6, 6.07) is 5.96. The van der Waals surface area contributed by atoms with Crippen LogP contribution in [0.3, 0.4) is 0 Å². The van der Waals surface area contributed by atoms with E-state index in [1.807, 2.05) is 25.2 Å². The lowest BCUT2D eigenvalue weighted by molar-refractivity contribution is 0.189. The number of carbonyl (C=O) groups is 1. The number of amides is 2. The molecule has 2 amide bonds. The lowest BCUT2D eigenvalue weighted by Gasteiger charge is -2.31. The first kappa shape index (κ1) is 17.4. The largest absolute Gasteiger partial charge is 0.493 e. The number of hydrogen-bond acceptors (Lipinski definition) is 3. The molecule has 0 unspecified atom stereocenters. The summed E-state index contributed by atoms with van der Waals surface area (Å²) in [5.74, 6) is 1.91. The van der Waals surface area contributed by atoms with Gasteiger partial charge in [0.05, 0.1) is 20.8 Å². The Hall–Kier alpha value is -1.91. The van der Waals surface area contributed by atoms with Crippen LogP contribution in [0.1, 0.15) is 38.2 Å². The third-order valence-corrected chi connectivity index (χ3v) is 4.66. The average molecular weight is 320 g/mol. The molecule has 0 bridgehead atoms. The molecule has 5 nitrogen and oxygen atoms in total. The van der Waals surface area contributed by atoms with Crippen molar-refractivity contribution >= 4 is 6.03 Å². The van der Waals surface area contributed by atoms with E-state index in [4.69, 9.17) is 9.47 Å². The average Bonchev–Trinajstić information content (AvgIpc) is 2.56. The van der Waals surface area contributed by atoms with Crippen LogP contribution in [0.15, 0.2) is 18.2 Å². The second-order valence-electron chi connectivity index (χ2n) is 6.33. The van der Waals surface area contributed by atoms with Gasteiger partial charge in [-0.1, -0.05) is 31.9 Å². The van der Waals surface area contributed by atoms with E-state index in [2.05, 4.69) is 12.2 Å². The number of urea groups is 1. The number of ether oxygens (including phenoxy) is 2. The molecule has 128 valence electrons. The highest BCUT2D eigenvalue weighted by Crippen LogP contribution is 2.31. The molecule has 0 spiro atoms. The highest BCUT2D eigenvalue weighted by molar-refractivity contribution is 5.74. The number of nitrogens with zero attached hydrogens (tertiary/aromatic N) is 1. The first-order valence-electron chi connectivity index (χ1n) is 8.28. The molecule has 0 aromatic heterocycles. The van der Waals surface area contributed by atoms with E-state index in [1.165, 1.54) is 19.3 Å². The minimum Gasteiger partial charge on any atom is -0.493 e. The molecular weight excluding hydrogens is 292 g/mol. The molecule has 1 aromatic rings. The van der Waals surface area contributed by atoms with E-state index in [-0.39, 0.29) is 12.1 Å². The van der Waals surface area contributed by atoms with Crippen molar-refractivity contribution < 1.29 is 14.3 Å². The number of hydrogen-bond donors (Lipinski definition) is 1. The molecule has 5 heteroatoms. The molecule has 1 aliphatic rings. The Labute approximate surface area is 139 Å². The Morgan fingerprint density at radius 2 is 2.00 bits per heavy atom. The fourth-order valence-corrected chi connectivity index (χ4v) is 3.21. The molecule has 23 heavy (non-hydrogen) atoms. The van der Waals surface area contributed by atoms with E-state index >= 15 is 0 Å². The molecular formula is C18H28N2O3. The molecule has 1 saturated carbocycles. The highest BCUT2D eigenvalue weighted by Gasteiger charge is 2.24. The van der Waals surface area contributed by atoms with Crippen molar-refractivity contribution in [3.05, 3.63) is 23.8 Å². The number of carbonyl (C=O) groups excluding carboxylic acids is 1. The van der Waals surface area contributed by atoms with Gasteiger partial charge in [0.1, 0.15) is 0 Å². The Balaban J connectivity index is 2.01. The van der Waals surface area contributed by atoms with Crippen LogP contribution in [0, 0.1) is 5.92 Å². The third-order valence-electron chi connectivity index (χ3n) is 4.66. The summed E-state index contributed by atoms with van der Waals surface area (Å²) in [6.07, 6.45) is 4.73. The number of benzene rings is 1. The quantitative estimate of drug-likeness (QED) is 0.904. The van der Waals surface area contributed by atoms with E-state index in [0.717, 1.165) is 12.0 Å². The summed E-state index contributed by atoms with van der Waals surface area (Å²) in [5, 5.41) is 3.17. The summed E-state index contributed by atoms with van der Waals surface area (Å²) < 4.78 is 10.7. The van der Waals surface area contributed by atoms with Crippen molar-refractivity contribution in [2.24, 2.45) is 5.92 Å². The van der Waals surface area contributed by atoms with Gasteiger partial charge in [-0.15, -0.1) is 0 Å². The number of rotatable bonds is 5. The Kier molecular flexibility index (Phi) is 6.13. The zero-order valence-electron chi connectivity index (χ0n) is 14.6. The van der Waals surface area contributed by atoms with Gasteiger partial charge in [-0.3, -0.25) is 0 Å². The molecule has 2 atom stereocenters. The second kappa shape index (κ2) is 8.09. The van der Waals surface area contributed by atoms with Gasteiger partial charge in [-0.05, 0) is 24.8 Å². The van der Waals surface area contributed by atoms with Gasteiger partial charge in [0.15, 0.2) is 11.5 Å². The molecule has 0 radical (unpaired) electrons. The lowest BCUT2D eigenvalue weighted by Crippen LogP contribution is -2.46. The summed E-state index contributed by atoms with van der Waals surface area (Å²) >= 11 is 0. The van der Waals surface area contributed by atoms with Crippen LogP contribution >= 0.6 is 0 Å². The Bertz CT molecular complexity index is 533. The standard InChI is InChI=1S/C18H28N2O3/c1-13-8-5-6-10-15(13)19-18(21)20(2)12-14-9-7-11-16(22-3)17(14)23-4/h7,9,11,13,15H,5-6,8,10,12H2,1-4H3,(H,19,21)/t13-,15-/m0/s1. The zero-order chi connectivity index (χ0) is 16.8. The van der Waals surface area contributed by atoms with E-state index in [1.54, 1.807) is 19.1 Å². The third kappa shape index (κ3) is 4.30. The van der Waals surface area contributed by atoms with Crippen molar-refractivity contribution in [1.29, 1.82) is 0 Å². The highest BCUT2D eigenvalue weighted by atomic mass is 16.5. The van der Waals surface area contributed by atoms with E-state index < -0.39 is 0 Å². The van der Waals surface area contributed by atoms with Crippen molar-refractivity contribution in [2.45, 2.75) is 45.2 Å². The smallest absolute Gasteiger partial charge is 0.317 e. The van der Waals surface area contributed by atoms with Gasteiger partial charge in [0, 0.05) is 18.7 Å². The molecule has 1 N–H and O–H groups in total. The fourth-order valence-electron chi connectivity index (χ4n) is 3.21. The normalized spacial score (nSPS) is 20.7. The van der Waals surface area contributed by atoms with E-state index in [9.17, 15) is 4.79 Å². The van der Waals surface area contributed by atoms with Crippen molar-refractivity contribution in [1.82, 2.24) is 10.2 Å². The summed E-state index contributed by atoms with van der Waals surface area (Å²) in [6.45, 7) is 2.70. The first-order chi connectivity index (χ1) is 11.1. The summed E-state index contributed by atoms with van der Waals surface area (Å²) in [5.41, 5.74) is 0.932. The van der Waals surface area contributed by atoms with Crippen LogP contribution in [0.4, 0.5) is 4.79 Å². The monoisotopic (exact) mass is 320 g/mol. The van der Waals surface area contributed by atoms with Gasteiger partial charge >= 0.3 is 6.03 Å². The number of para-hydroxylation sites is 1. The van der Waals surface area contributed by atoms with Crippen LogP contribution in [-0.2, 0) is 6.54 Å². The molecule has 0 aliphatic heterocycles. The maximum atomic E-state index is 12.5. The molecule has 1 fully saturated rings. The maximum Gasteiger partial charge on any atom is 0.317 e. The summed E-state index contributed by atoms with van der Waals surface area (Å²) in [7, 11) is 5.04. The fraction of sp³-hybridized carbons (Fsp3) is 0.611. The first-order valence-corrected chi connectivity index (χ1v) is 8.28. The van der Waals surface area contributed by atoms with Gasteiger partial charge < -0.3 is 19.7 Å². The van der Waals surface area contributed by atoms with Gasteiger partial charge in [0.25, 0.3) is 0 Å². The predicted molar refractivity (Wildman–Crippen MR) is 91.0 cm³/mol. The molecule has 1 aromatic carbocycles. The van der Waals surface area contributed by atoms with Crippen LogP contribution in [0.2, 0.25) is 0 Å². The molecule has 0 heterocycles. The lowest BCUT2D eigenvalue weighted by atomic mass is 9.86. The second-order valence-corrected chi connectivity index (χ2v) is 6.33. The van der Waals surface area contributed by atoms with Gasteiger partial charge in [0.2, 0.25) is 0 Å². The van der Waals surface area contributed by atoms with Crippen LogP contribution in [0.5, 0.6) is 11.5 Å². The van der Waals surface area contributed by atoms with Crippen LogP contribution in [-0.4, -0.2) is 38.2 Å². The minimum absolute atomic E-state index is 0.0337. The minimum atomic E-state index is -0.0337. The van der Waals surface area contributed by atoms with Crippen molar-refractivity contribution in [3.63, 3.8) is 0 Å². The summed E-state index contributed by atoms with van der Waals surface area (Å²) in [4.78, 5) is 14.2. The van der Waals surface area contributed by atoms with E-state index in [0.29, 0.717) is 24.0 Å². The van der Waals surface area contributed by atoms with Gasteiger partial charge in [-0.25, -0.2) is 4.79 Å². The van der Waals surface area contributed by atoms with Gasteiger partial charge in [-0.2, -0.15) is 0 Å². The number of nitrogens with one attached hydrogen (secondary N) is 1. The number of methoxy groups -OCH3 is 2. The van der Waals surface area contributed by atoms with Crippen molar-refractivity contribution in [3.8, 4) is 11.5 Å². The molecule has 2 rings (SSSR count).